The van der Waals surface area contributed by atoms with E-state index in [0.717, 1.165) is 37.5 Å². The van der Waals surface area contributed by atoms with Crippen LogP contribution in [0.2, 0.25) is 0 Å². The predicted molar refractivity (Wildman–Crippen MR) is 78.4 cm³/mol. The van der Waals surface area contributed by atoms with E-state index in [4.69, 9.17) is 0 Å². The van der Waals surface area contributed by atoms with Crippen LogP contribution in [0.15, 0.2) is 12.4 Å². The molecule has 1 aliphatic heterocycles. The molecule has 1 aromatic heterocycles. The molecule has 0 aromatic carbocycles. The second-order valence-electron chi connectivity index (χ2n) is 4.96. The fourth-order valence-electron chi connectivity index (χ4n) is 2.45. The molecule has 1 aromatic rings. The summed E-state index contributed by atoms with van der Waals surface area (Å²) in [5.74, 6) is 2.63. The zero-order chi connectivity index (χ0) is 13.7. The fraction of sp³-hybridized carbons (Fsp3) is 0.643. The lowest BCUT2D eigenvalue weighted by Gasteiger charge is -2.32. The first-order valence-corrected chi connectivity index (χ1v) is 8.23. The molecule has 1 fully saturated rings. The molecule has 4 nitrogen and oxygen atoms in total. The van der Waals surface area contributed by atoms with Crippen molar-refractivity contribution in [1.29, 1.82) is 0 Å². The van der Waals surface area contributed by atoms with Gasteiger partial charge in [0.15, 0.2) is 0 Å². The average Bonchev–Trinajstić information content (AvgIpc) is 2.47. The predicted octanol–water partition coefficient (Wildman–Crippen LogP) is 2.25. The van der Waals surface area contributed by atoms with E-state index in [2.05, 4.69) is 16.2 Å². The van der Waals surface area contributed by atoms with Crippen molar-refractivity contribution < 1.29 is 4.79 Å². The van der Waals surface area contributed by atoms with E-state index in [9.17, 15) is 4.79 Å². The number of nitrogens with zero attached hydrogens (tertiary/aromatic N) is 3. The van der Waals surface area contributed by atoms with Crippen LogP contribution in [0.1, 0.15) is 35.9 Å². The van der Waals surface area contributed by atoms with Gasteiger partial charge in [-0.25, -0.2) is 9.97 Å². The highest BCUT2D eigenvalue weighted by atomic mass is 32.2. The molecule has 104 valence electrons. The molecule has 0 spiro atoms. The summed E-state index contributed by atoms with van der Waals surface area (Å²) in [5, 5.41) is 0. The zero-order valence-corrected chi connectivity index (χ0v) is 12.4. The van der Waals surface area contributed by atoms with Crippen molar-refractivity contribution in [2.75, 3.05) is 25.1 Å². The number of thioether (sulfide) groups is 1. The van der Waals surface area contributed by atoms with Gasteiger partial charge in [0.25, 0.3) is 5.91 Å². The average molecular weight is 279 g/mol. The van der Waals surface area contributed by atoms with Crippen LogP contribution in [0, 0.1) is 5.92 Å². The molecule has 2 heterocycles. The lowest BCUT2D eigenvalue weighted by Crippen LogP contribution is -2.40. The lowest BCUT2D eigenvalue weighted by molar-refractivity contribution is 0.0684. The molecule has 1 saturated heterocycles. The van der Waals surface area contributed by atoms with Gasteiger partial charge in [0.1, 0.15) is 5.82 Å². The number of hydrogen-bond acceptors (Lipinski definition) is 4. The fourth-order valence-corrected chi connectivity index (χ4v) is 3.20. The van der Waals surface area contributed by atoms with Crippen molar-refractivity contribution in [1.82, 2.24) is 14.9 Å². The minimum absolute atomic E-state index is 0.0773. The van der Waals surface area contributed by atoms with Crippen molar-refractivity contribution >= 4 is 17.7 Å². The molecule has 5 heteroatoms. The summed E-state index contributed by atoms with van der Waals surface area (Å²) in [6.07, 6.45) is 8.57. The number of carbonyl (C=O) groups is 1. The Hall–Kier alpha value is -1.10. The molecule has 1 aliphatic rings. The SMILES string of the molecule is CCc1ncc(C(=O)N2CCCC(CSC)C2)cn1. The van der Waals surface area contributed by atoms with Gasteiger partial charge in [-0.3, -0.25) is 4.79 Å². The monoisotopic (exact) mass is 279 g/mol. The van der Waals surface area contributed by atoms with Gasteiger partial charge in [-0.1, -0.05) is 6.92 Å². The highest BCUT2D eigenvalue weighted by molar-refractivity contribution is 7.98. The standard InChI is InChI=1S/C14H21N3OS/c1-3-13-15-7-12(8-16-13)14(18)17-6-4-5-11(9-17)10-19-2/h7-8,11H,3-6,9-10H2,1-2H3. The Morgan fingerprint density at radius 1 is 1.47 bits per heavy atom. The van der Waals surface area contributed by atoms with Crippen LogP contribution >= 0.6 is 11.8 Å². The van der Waals surface area contributed by atoms with Crippen LogP contribution in [0.4, 0.5) is 0 Å². The maximum Gasteiger partial charge on any atom is 0.257 e. The maximum absolute atomic E-state index is 12.4. The van der Waals surface area contributed by atoms with E-state index in [0.29, 0.717) is 11.5 Å². The molecule has 19 heavy (non-hydrogen) atoms. The van der Waals surface area contributed by atoms with E-state index in [-0.39, 0.29) is 5.91 Å². The molecule has 1 unspecified atom stereocenters. The number of piperidine rings is 1. The first kappa shape index (κ1) is 14.3. The summed E-state index contributed by atoms with van der Waals surface area (Å²) in [6, 6.07) is 0. The highest BCUT2D eigenvalue weighted by Gasteiger charge is 2.24. The molecular formula is C14H21N3OS. The van der Waals surface area contributed by atoms with Crippen LogP contribution in [-0.4, -0.2) is 45.9 Å². The van der Waals surface area contributed by atoms with E-state index in [1.54, 1.807) is 12.4 Å². The Balaban J connectivity index is 2.01. The van der Waals surface area contributed by atoms with E-state index >= 15 is 0 Å². The number of carbonyl (C=O) groups excluding carboxylic acids is 1. The number of likely N-dealkylation sites (tertiary alicyclic amines) is 1. The van der Waals surface area contributed by atoms with Crippen molar-refractivity contribution in [3.8, 4) is 0 Å². The molecule has 0 N–H and O–H groups in total. The highest BCUT2D eigenvalue weighted by Crippen LogP contribution is 2.21. The quantitative estimate of drug-likeness (QED) is 0.848. The van der Waals surface area contributed by atoms with Crippen LogP contribution in [0.3, 0.4) is 0 Å². The van der Waals surface area contributed by atoms with E-state index in [1.165, 1.54) is 6.42 Å². The Morgan fingerprint density at radius 3 is 2.84 bits per heavy atom. The molecular weight excluding hydrogens is 258 g/mol. The largest absolute Gasteiger partial charge is 0.338 e. The Bertz CT molecular complexity index is 419. The maximum atomic E-state index is 12.4. The number of aryl methyl sites for hydroxylation is 1. The summed E-state index contributed by atoms with van der Waals surface area (Å²) < 4.78 is 0. The summed E-state index contributed by atoms with van der Waals surface area (Å²) in [7, 11) is 0. The van der Waals surface area contributed by atoms with Crippen molar-refractivity contribution in [2.45, 2.75) is 26.2 Å². The van der Waals surface area contributed by atoms with Gasteiger partial charge in [-0.05, 0) is 30.8 Å². The van der Waals surface area contributed by atoms with Gasteiger partial charge in [0, 0.05) is 31.9 Å². The second kappa shape index (κ2) is 6.89. The van der Waals surface area contributed by atoms with Crippen molar-refractivity contribution in [3.05, 3.63) is 23.8 Å². The summed E-state index contributed by atoms with van der Waals surface area (Å²) in [4.78, 5) is 22.8. The Morgan fingerprint density at radius 2 is 2.21 bits per heavy atom. The van der Waals surface area contributed by atoms with Crippen LogP contribution in [0.5, 0.6) is 0 Å². The third kappa shape index (κ3) is 3.69. The third-order valence-electron chi connectivity index (χ3n) is 3.48. The van der Waals surface area contributed by atoms with Gasteiger partial charge in [-0.2, -0.15) is 11.8 Å². The number of hydrogen-bond donors (Lipinski definition) is 0. The molecule has 0 aliphatic carbocycles. The van der Waals surface area contributed by atoms with Crippen LogP contribution in [0.25, 0.3) is 0 Å². The molecule has 0 saturated carbocycles. The Kier molecular flexibility index (Phi) is 5.19. The Labute approximate surface area is 119 Å². The summed E-state index contributed by atoms with van der Waals surface area (Å²) in [6.45, 7) is 3.74. The molecule has 0 radical (unpaired) electrons. The first-order valence-electron chi connectivity index (χ1n) is 6.83. The van der Waals surface area contributed by atoms with Gasteiger partial charge in [0.05, 0.1) is 5.56 Å². The number of aromatic nitrogens is 2. The van der Waals surface area contributed by atoms with Gasteiger partial charge in [-0.15, -0.1) is 0 Å². The molecule has 1 atom stereocenters. The molecule has 0 bridgehead atoms. The minimum atomic E-state index is 0.0773. The van der Waals surface area contributed by atoms with Crippen LogP contribution < -0.4 is 0 Å². The zero-order valence-electron chi connectivity index (χ0n) is 11.6. The van der Waals surface area contributed by atoms with Gasteiger partial charge < -0.3 is 4.90 Å². The van der Waals surface area contributed by atoms with Crippen molar-refractivity contribution in [3.63, 3.8) is 0 Å². The third-order valence-corrected chi connectivity index (χ3v) is 4.28. The number of rotatable bonds is 4. The first-order chi connectivity index (χ1) is 9.24. The molecule has 2 rings (SSSR count). The normalized spacial score (nSPS) is 19.5. The lowest BCUT2D eigenvalue weighted by atomic mass is 9.99. The van der Waals surface area contributed by atoms with E-state index in [1.807, 2.05) is 23.6 Å². The summed E-state index contributed by atoms with van der Waals surface area (Å²) in [5.41, 5.74) is 0.613. The topological polar surface area (TPSA) is 46.1 Å². The number of amides is 1. The summed E-state index contributed by atoms with van der Waals surface area (Å²) >= 11 is 1.86. The molecule has 1 amide bonds. The van der Waals surface area contributed by atoms with Gasteiger partial charge in [0.2, 0.25) is 0 Å². The van der Waals surface area contributed by atoms with Crippen molar-refractivity contribution in [2.24, 2.45) is 5.92 Å². The second-order valence-corrected chi connectivity index (χ2v) is 5.87. The smallest absolute Gasteiger partial charge is 0.257 e. The minimum Gasteiger partial charge on any atom is -0.338 e. The van der Waals surface area contributed by atoms with Crippen LogP contribution in [-0.2, 0) is 6.42 Å². The van der Waals surface area contributed by atoms with E-state index < -0.39 is 0 Å². The van der Waals surface area contributed by atoms with Gasteiger partial charge >= 0.3 is 0 Å².